The van der Waals surface area contributed by atoms with Crippen LogP contribution in [0.5, 0.6) is 0 Å². The number of hydrogen-bond donors (Lipinski definition) is 4. The maximum atomic E-state index is 11.0. The lowest BCUT2D eigenvalue weighted by molar-refractivity contribution is -0.122. The maximum absolute atomic E-state index is 11.0. The first kappa shape index (κ1) is 11.7. The molecule has 0 aliphatic heterocycles. The van der Waals surface area contributed by atoms with Gasteiger partial charge in [0.25, 0.3) is 0 Å². The fourth-order valence-electron chi connectivity index (χ4n) is 0.517. The van der Waals surface area contributed by atoms with Gasteiger partial charge in [-0.1, -0.05) is 0 Å². The second-order valence-electron chi connectivity index (χ2n) is 3.32. The van der Waals surface area contributed by atoms with Gasteiger partial charge in [-0.05, 0) is 13.8 Å². The zero-order chi connectivity index (χ0) is 9.78. The molecule has 0 spiro atoms. The molecule has 0 saturated carbocycles. The number of rotatable bonds is 4. The summed E-state index contributed by atoms with van der Waals surface area (Å²) in [7, 11) is 0. The van der Waals surface area contributed by atoms with Crippen molar-refractivity contribution in [1.29, 1.82) is 0 Å². The van der Waals surface area contributed by atoms with Crippen LogP contribution < -0.4 is 11.1 Å². The summed E-state index contributed by atoms with van der Waals surface area (Å²) in [5, 5.41) is 11.8. The van der Waals surface area contributed by atoms with E-state index >= 15 is 0 Å². The molecule has 0 aromatic heterocycles. The molecule has 0 rings (SSSR count). The van der Waals surface area contributed by atoms with Crippen molar-refractivity contribution in [2.45, 2.75) is 25.5 Å². The average molecular weight is 192 g/mol. The lowest BCUT2D eigenvalue weighted by Gasteiger charge is -2.18. The Morgan fingerprint density at radius 1 is 1.75 bits per heavy atom. The van der Waals surface area contributed by atoms with Crippen molar-refractivity contribution < 1.29 is 9.90 Å². The summed E-state index contributed by atoms with van der Waals surface area (Å²) in [6.07, 6.45) is 0. The van der Waals surface area contributed by atoms with E-state index in [9.17, 15) is 9.90 Å². The number of hydrogen-bond acceptors (Lipinski definition) is 4. The van der Waals surface area contributed by atoms with Crippen LogP contribution in [0.1, 0.15) is 13.8 Å². The maximum Gasteiger partial charge on any atom is 0.237 e. The molecule has 0 bridgehead atoms. The normalized spacial score (nSPS) is 14.1. The van der Waals surface area contributed by atoms with Gasteiger partial charge in [-0.25, -0.2) is 0 Å². The Labute approximate surface area is 77.9 Å². The molecule has 72 valence electrons. The molecular weight excluding hydrogens is 176 g/mol. The number of nitrogens with two attached hydrogens (primary N) is 1. The molecule has 5 heteroatoms. The van der Waals surface area contributed by atoms with Crippen molar-refractivity contribution in [2.75, 3.05) is 12.3 Å². The molecule has 0 fully saturated rings. The molecule has 0 aromatic carbocycles. The number of aliphatic hydroxyl groups is 1. The van der Waals surface area contributed by atoms with Gasteiger partial charge < -0.3 is 16.2 Å². The van der Waals surface area contributed by atoms with E-state index in [1.807, 2.05) is 0 Å². The number of amides is 1. The molecule has 12 heavy (non-hydrogen) atoms. The van der Waals surface area contributed by atoms with E-state index in [2.05, 4.69) is 17.9 Å². The highest BCUT2D eigenvalue weighted by atomic mass is 32.1. The number of carbonyl (C=O) groups is 1. The van der Waals surface area contributed by atoms with Crippen LogP contribution >= 0.6 is 12.6 Å². The van der Waals surface area contributed by atoms with Gasteiger partial charge in [0.05, 0.1) is 11.6 Å². The second-order valence-corrected chi connectivity index (χ2v) is 3.68. The summed E-state index contributed by atoms with van der Waals surface area (Å²) in [6.45, 7) is 3.42. The van der Waals surface area contributed by atoms with Crippen LogP contribution in [0.3, 0.4) is 0 Å². The van der Waals surface area contributed by atoms with Gasteiger partial charge in [0.15, 0.2) is 0 Å². The number of carbonyl (C=O) groups excluding carboxylic acids is 1. The van der Waals surface area contributed by atoms with E-state index in [-0.39, 0.29) is 12.5 Å². The van der Waals surface area contributed by atoms with Crippen LogP contribution in [0.25, 0.3) is 0 Å². The highest BCUT2D eigenvalue weighted by Gasteiger charge is 2.16. The third-order valence-corrected chi connectivity index (χ3v) is 1.62. The van der Waals surface area contributed by atoms with Gasteiger partial charge >= 0.3 is 0 Å². The molecule has 0 aliphatic carbocycles. The van der Waals surface area contributed by atoms with Gasteiger partial charge in [-0.3, -0.25) is 4.79 Å². The van der Waals surface area contributed by atoms with Crippen molar-refractivity contribution in [1.82, 2.24) is 5.32 Å². The fraction of sp³-hybridized carbons (Fsp3) is 0.857. The van der Waals surface area contributed by atoms with Crippen molar-refractivity contribution in [2.24, 2.45) is 5.73 Å². The fourth-order valence-corrected chi connectivity index (χ4v) is 0.683. The lowest BCUT2D eigenvalue weighted by atomic mass is 10.1. The molecular formula is C7H16N2O2S. The van der Waals surface area contributed by atoms with Crippen molar-refractivity contribution >= 4 is 18.5 Å². The predicted octanol–water partition coefficient (Wildman–Crippen LogP) is -0.869. The molecule has 1 atom stereocenters. The first-order valence-electron chi connectivity index (χ1n) is 3.73. The Hall–Kier alpha value is -0.260. The zero-order valence-corrected chi connectivity index (χ0v) is 8.27. The van der Waals surface area contributed by atoms with E-state index in [1.54, 1.807) is 13.8 Å². The summed E-state index contributed by atoms with van der Waals surface area (Å²) in [5.74, 6) is 0.0182. The van der Waals surface area contributed by atoms with E-state index in [0.29, 0.717) is 5.75 Å². The molecule has 4 nitrogen and oxygen atoms in total. The summed E-state index contributed by atoms with van der Waals surface area (Å²) in [6, 6.07) is -0.601. The summed E-state index contributed by atoms with van der Waals surface area (Å²) >= 11 is 3.87. The lowest BCUT2D eigenvalue weighted by Crippen LogP contribution is -2.46. The smallest absolute Gasteiger partial charge is 0.237 e. The van der Waals surface area contributed by atoms with Crippen molar-refractivity contribution in [3.05, 3.63) is 0 Å². The third kappa shape index (κ3) is 5.40. The van der Waals surface area contributed by atoms with Gasteiger partial charge in [-0.15, -0.1) is 0 Å². The van der Waals surface area contributed by atoms with Gasteiger partial charge in [0.1, 0.15) is 0 Å². The van der Waals surface area contributed by atoms with E-state index in [0.717, 1.165) is 0 Å². The van der Waals surface area contributed by atoms with Gasteiger partial charge in [0.2, 0.25) is 5.91 Å². The molecule has 0 radical (unpaired) electrons. The monoisotopic (exact) mass is 192 g/mol. The minimum absolute atomic E-state index is 0.202. The topological polar surface area (TPSA) is 75.3 Å². The van der Waals surface area contributed by atoms with E-state index in [1.165, 1.54) is 0 Å². The number of thiol groups is 1. The predicted molar refractivity (Wildman–Crippen MR) is 51.1 cm³/mol. The zero-order valence-electron chi connectivity index (χ0n) is 7.37. The average Bonchev–Trinajstić information content (AvgIpc) is 1.97. The Morgan fingerprint density at radius 2 is 2.25 bits per heavy atom. The van der Waals surface area contributed by atoms with Crippen molar-refractivity contribution in [3.8, 4) is 0 Å². The number of nitrogens with one attached hydrogen (secondary N) is 1. The highest BCUT2D eigenvalue weighted by Crippen LogP contribution is 1.97. The van der Waals surface area contributed by atoms with Crippen LogP contribution in [0.4, 0.5) is 0 Å². The standard InChI is InChI=1S/C7H16N2O2S/c1-7(2,11)4-9-6(10)5(8)3-12/h5,11-12H,3-4,8H2,1-2H3,(H,9,10). The van der Waals surface area contributed by atoms with Gasteiger partial charge in [-0.2, -0.15) is 12.6 Å². The van der Waals surface area contributed by atoms with Crippen LogP contribution in [0, 0.1) is 0 Å². The SMILES string of the molecule is CC(C)(O)CNC(=O)C(N)CS. The van der Waals surface area contributed by atoms with Crippen LogP contribution in [0.15, 0.2) is 0 Å². The Balaban J connectivity index is 3.72. The first-order valence-corrected chi connectivity index (χ1v) is 4.36. The van der Waals surface area contributed by atoms with E-state index < -0.39 is 11.6 Å². The summed E-state index contributed by atoms with van der Waals surface area (Å²) in [4.78, 5) is 11.0. The largest absolute Gasteiger partial charge is 0.389 e. The van der Waals surface area contributed by atoms with Gasteiger partial charge in [0, 0.05) is 12.3 Å². The molecule has 0 aliphatic rings. The van der Waals surface area contributed by atoms with E-state index in [4.69, 9.17) is 5.73 Å². The third-order valence-electron chi connectivity index (χ3n) is 1.23. The Morgan fingerprint density at radius 3 is 2.58 bits per heavy atom. The first-order chi connectivity index (χ1) is 5.37. The van der Waals surface area contributed by atoms with Crippen LogP contribution in [-0.2, 0) is 4.79 Å². The summed E-state index contributed by atoms with van der Waals surface area (Å²) in [5.41, 5.74) is 4.48. The summed E-state index contributed by atoms with van der Waals surface area (Å²) < 4.78 is 0. The molecule has 1 unspecified atom stereocenters. The highest BCUT2D eigenvalue weighted by molar-refractivity contribution is 7.80. The van der Waals surface area contributed by atoms with Crippen LogP contribution in [0.2, 0.25) is 0 Å². The minimum Gasteiger partial charge on any atom is -0.389 e. The Kier molecular flexibility index (Phi) is 4.59. The molecule has 1 amide bonds. The minimum atomic E-state index is -0.897. The van der Waals surface area contributed by atoms with Crippen molar-refractivity contribution in [3.63, 3.8) is 0 Å². The Bertz CT molecular complexity index is 156. The second kappa shape index (κ2) is 4.69. The quantitative estimate of drug-likeness (QED) is 0.437. The molecule has 0 aromatic rings. The molecule has 0 saturated heterocycles. The molecule has 4 N–H and O–H groups in total. The van der Waals surface area contributed by atoms with Crippen LogP contribution in [-0.4, -0.2) is 35.0 Å². The molecule has 0 heterocycles.